The highest BCUT2D eigenvalue weighted by molar-refractivity contribution is 8.15. The molecule has 29 heavy (non-hydrogen) atoms. The van der Waals surface area contributed by atoms with Crippen molar-refractivity contribution in [3.63, 3.8) is 0 Å². The molecule has 3 aliphatic rings. The van der Waals surface area contributed by atoms with E-state index in [1.807, 2.05) is 30.3 Å². The van der Waals surface area contributed by atoms with Crippen molar-refractivity contribution in [1.29, 1.82) is 0 Å². The molecule has 1 aliphatic heterocycles. The molecule has 0 aromatic heterocycles. The van der Waals surface area contributed by atoms with Crippen LogP contribution in [0.25, 0.3) is 5.70 Å². The van der Waals surface area contributed by atoms with E-state index in [0.717, 1.165) is 42.1 Å². The van der Waals surface area contributed by atoms with Crippen molar-refractivity contribution in [3.8, 4) is 0 Å². The van der Waals surface area contributed by atoms with Crippen LogP contribution in [0.5, 0.6) is 0 Å². The number of nitrogens with zero attached hydrogens (tertiary/aromatic N) is 2. The molecule has 1 unspecified atom stereocenters. The third-order valence-electron chi connectivity index (χ3n) is 6.20. The summed E-state index contributed by atoms with van der Waals surface area (Å²) in [7, 11) is 0. The van der Waals surface area contributed by atoms with E-state index in [4.69, 9.17) is 16.6 Å². The van der Waals surface area contributed by atoms with Crippen molar-refractivity contribution >= 4 is 40.2 Å². The minimum absolute atomic E-state index is 0.316. The van der Waals surface area contributed by atoms with Crippen LogP contribution in [0.3, 0.4) is 0 Å². The molecule has 2 fully saturated rings. The number of rotatable bonds is 4. The van der Waals surface area contributed by atoms with Gasteiger partial charge in [0.2, 0.25) is 0 Å². The van der Waals surface area contributed by atoms with Gasteiger partial charge in [-0.25, -0.2) is 0 Å². The first-order valence-electron chi connectivity index (χ1n) is 10.9. The summed E-state index contributed by atoms with van der Waals surface area (Å²) in [5, 5.41) is 10.8. The van der Waals surface area contributed by atoms with E-state index in [2.05, 4.69) is 4.90 Å². The Morgan fingerprint density at radius 1 is 1.00 bits per heavy atom. The SMILES string of the molecule is O=C(O)C1C=C(c2ccc(Cl)cc2)N(C2CCCCC2)C(=NC2CCCCC2)S1. The van der Waals surface area contributed by atoms with Crippen LogP contribution in [0.2, 0.25) is 5.02 Å². The smallest absolute Gasteiger partial charge is 0.321 e. The molecule has 1 N–H and O–H groups in total. The van der Waals surface area contributed by atoms with Crippen molar-refractivity contribution in [2.24, 2.45) is 4.99 Å². The Hall–Kier alpha value is -1.46. The van der Waals surface area contributed by atoms with Gasteiger partial charge in [-0.05, 0) is 49.5 Å². The number of aliphatic carboxylic acids is 1. The highest BCUT2D eigenvalue weighted by Gasteiger charge is 2.36. The van der Waals surface area contributed by atoms with Gasteiger partial charge >= 0.3 is 5.97 Å². The third kappa shape index (κ3) is 5.00. The fourth-order valence-corrected chi connectivity index (χ4v) is 5.88. The monoisotopic (exact) mass is 432 g/mol. The quantitative estimate of drug-likeness (QED) is 0.614. The third-order valence-corrected chi connectivity index (χ3v) is 7.55. The van der Waals surface area contributed by atoms with E-state index in [9.17, 15) is 9.90 Å². The number of carboxylic acid groups (broad SMARTS) is 1. The summed E-state index contributed by atoms with van der Waals surface area (Å²) in [6.45, 7) is 0. The van der Waals surface area contributed by atoms with Gasteiger partial charge in [0, 0.05) is 16.8 Å². The zero-order valence-corrected chi connectivity index (χ0v) is 18.3. The maximum atomic E-state index is 11.9. The fraction of sp³-hybridized carbons (Fsp3) is 0.565. The largest absolute Gasteiger partial charge is 0.480 e. The van der Waals surface area contributed by atoms with Gasteiger partial charge in [-0.1, -0.05) is 74.0 Å². The van der Waals surface area contributed by atoms with Crippen LogP contribution in [-0.2, 0) is 4.79 Å². The highest BCUT2D eigenvalue weighted by Crippen LogP contribution is 2.39. The molecule has 0 saturated heterocycles. The first kappa shape index (κ1) is 20.8. The maximum Gasteiger partial charge on any atom is 0.321 e. The summed E-state index contributed by atoms with van der Waals surface area (Å²) in [5.74, 6) is -0.805. The summed E-state index contributed by atoms with van der Waals surface area (Å²) in [5.41, 5.74) is 2.00. The Morgan fingerprint density at radius 2 is 1.62 bits per heavy atom. The molecular formula is C23H29ClN2O2S. The average Bonchev–Trinajstić information content (AvgIpc) is 2.75. The molecule has 1 heterocycles. The van der Waals surface area contributed by atoms with Gasteiger partial charge in [0.1, 0.15) is 5.25 Å². The second-order valence-electron chi connectivity index (χ2n) is 8.30. The molecule has 6 heteroatoms. The number of carbonyl (C=O) groups is 1. The first-order chi connectivity index (χ1) is 14.1. The number of hydrogen-bond donors (Lipinski definition) is 1. The topological polar surface area (TPSA) is 52.9 Å². The van der Waals surface area contributed by atoms with E-state index in [1.54, 1.807) is 0 Å². The lowest BCUT2D eigenvalue weighted by atomic mass is 9.93. The van der Waals surface area contributed by atoms with E-state index in [1.165, 1.54) is 50.3 Å². The lowest BCUT2D eigenvalue weighted by molar-refractivity contribution is -0.135. The summed E-state index contributed by atoms with van der Waals surface area (Å²) in [6, 6.07) is 8.46. The number of thioether (sulfide) groups is 1. The minimum atomic E-state index is -0.805. The number of amidine groups is 1. The van der Waals surface area contributed by atoms with Crippen LogP contribution in [0, 0.1) is 0 Å². The number of carboxylic acids is 1. The molecule has 4 nitrogen and oxygen atoms in total. The number of aliphatic imine (C=N–C) groups is 1. The standard InChI is InChI=1S/C23H29ClN2O2S/c24-17-13-11-16(12-14-17)20-15-21(22(27)28)29-23(25-18-7-3-1-4-8-18)26(20)19-9-5-2-6-10-19/h11-15,18-19,21H,1-10H2,(H,27,28). The summed E-state index contributed by atoms with van der Waals surface area (Å²) >= 11 is 7.53. The second kappa shape index (κ2) is 9.57. The van der Waals surface area contributed by atoms with Crippen LogP contribution in [-0.4, -0.2) is 38.5 Å². The van der Waals surface area contributed by atoms with E-state index in [0.29, 0.717) is 17.1 Å². The van der Waals surface area contributed by atoms with Crippen LogP contribution in [0.15, 0.2) is 35.3 Å². The van der Waals surface area contributed by atoms with Crippen molar-refractivity contribution in [2.45, 2.75) is 81.5 Å². The summed E-state index contributed by atoms with van der Waals surface area (Å²) in [6.07, 6.45) is 13.8. The highest BCUT2D eigenvalue weighted by atomic mass is 35.5. The average molecular weight is 433 g/mol. The first-order valence-corrected chi connectivity index (χ1v) is 12.1. The lowest BCUT2D eigenvalue weighted by Crippen LogP contribution is -2.43. The number of benzene rings is 1. The maximum absolute atomic E-state index is 11.9. The second-order valence-corrected chi connectivity index (χ2v) is 9.85. The molecule has 0 amide bonds. The van der Waals surface area contributed by atoms with Gasteiger partial charge in [0.05, 0.1) is 6.04 Å². The Labute approximate surface area is 182 Å². The number of halogens is 1. The molecule has 1 aromatic rings. The fourth-order valence-electron chi connectivity index (χ4n) is 4.66. The molecule has 1 atom stereocenters. The van der Waals surface area contributed by atoms with Crippen LogP contribution in [0.4, 0.5) is 0 Å². The van der Waals surface area contributed by atoms with Gasteiger partial charge in [-0.2, -0.15) is 0 Å². The molecule has 0 radical (unpaired) electrons. The normalized spacial score (nSPS) is 25.8. The predicted octanol–water partition coefficient (Wildman–Crippen LogP) is 6.20. The molecule has 4 rings (SSSR count). The van der Waals surface area contributed by atoms with Crippen molar-refractivity contribution < 1.29 is 9.90 Å². The van der Waals surface area contributed by atoms with E-state index in [-0.39, 0.29) is 0 Å². The Kier molecular flexibility index (Phi) is 6.86. The zero-order chi connectivity index (χ0) is 20.2. The Bertz CT molecular complexity index is 781. The Balaban J connectivity index is 1.75. The van der Waals surface area contributed by atoms with E-state index >= 15 is 0 Å². The number of hydrogen-bond acceptors (Lipinski definition) is 3. The van der Waals surface area contributed by atoms with Gasteiger partial charge in [-0.3, -0.25) is 9.79 Å². The van der Waals surface area contributed by atoms with Crippen molar-refractivity contribution in [2.75, 3.05) is 0 Å². The van der Waals surface area contributed by atoms with Crippen LogP contribution < -0.4 is 0 Å². The molecule has 0 spiro atoms. The Morgan fingerprint density at radius 3 is 2.24 bits per heavy atom. The molecule has 0 bridgehead atoms. The van der Waals surface area contributed by atoms with Crippen LogP contribution in [0.1, 0.15) is 69.8 Å². The molecule has 2 aliphatic carbocycles. The molecule has 156 valence electrons. The predicted molar refractivity (Wildman–Crippen MR) is 121 cm³/mol. The molecular weight excluding hydrogens is 404 g/mol. The molecule has 1 aromatic carbocycles. The minimum Gasteiger partial charge on any atom is -0.480 e. The van der Waals surface area contributed by atoms with E-state index < -0.39 is 11.2 Å². The van der Waals surface area contributed by atoms with Gasteiger partial charge in [-0.15, -0.1) is 0 Å². The van der Waals surface area contributed by atoms with Gasteiger partial charge in [0.25, 0.3) is 0 Å². The summed E-state index contributed by atoms with van der Waals surface area (Å²) in [4.78, 5) is 19.5. The molecule has 2 saturated carbocycles. The van der Waals surface area contributed by atoms with Crippen molar-refractivity contribution in [1.82, 2.24) is 4.90 Å². The zero-order valence-electron chi connectivity index (χ0n) is 16.7. The van der Waals surface area contributed by atoms with Crippen LogP contribution >= 0.6 is 23.4 Å². The summed E-state index contributed by atoms with van der Waals surface area (Å²) < 4.78 is 0. The van der Waals surface area contributed by atoms with Gasteiger partial charge < -0.3 is 10.0 Å². The lowest BCUT2D eigenvalue weighted by Gasteiger charge is -2.41. The van der Waals surface area contributed by atoms with Gasteiger partial charge in [0.15, 0.2) is 5.17 Å². The van der Waals surface area contributed by atoms with Crippen molar-refractivity contribution in [3.05, 3.63) is 40.9 Å².